The highest BCUT2D eigenvalue weighted by Crippen LogP contribution is 2.23. The van der Waals surface area contributed by atoms with Gasteiger partial charge in [-0.3, -0.25) is 4.90 Å². The van der Waals surface area contributed by atoms with E-state index in [-0.39, 0.29) is 25.3 Å². The summed E-state index contributed by atoms with van der Waals surface area (Å²) < 4.78 is 28.4. The van der Waals surface area contributed by atoms with Gasteiger partial charge in [0.25, 0.3) is 0 Å². The second-order valence-electron chi connectivity index (χ2n) is 12.6. The Morgan fingerprint density at radius 1 is 0.825 bits per heavy atom. The van der Waals surface area contributed by atoms with E-state index in [9.17, 15) is 28.5 Å². The second-order valence-corrected chi connectivity index (χ2v) is 14.4. The molecule has 0 saturated carbocycles. The Labute approximate surface area is 239 Å². The molecule has 9 nitrogen and oxygen atoms in total. The third kappa shape index (κ3) is 11.5. The van der Waals surface area contributed by atoms with Crippen LogP contribution in [0.2, 0.25) is 0 Å². The SMILES string of the molecule is CC(C)(C)CS(=O)(=O)N[C@@H](Cc1ccccc1)[C@H](O)CNC[C@@H](O)[C@H](Cc1ccccc1)N(C(=O)O)C(C)(C)C. The van der Waals surface area contributed by atoms with E-state index in [0.717, 1.165) is 11.1 Å². The molecular weight excluding hydrogens is 530 g/mol. The van der Waals surface area contributed by atoms with Crippen LogP contribution in [0.15, 0.2) is 60.7 Å². The fourth-order valence-electron chi connectivity index (χ4n) is 4.81. The molecule has 0 aromatic heterocycles. The summed E-state index contributed by atoms with van der Waals surface area (Å²) in [6, 6.07) is 17.1. The van der Waals surface area contributed by atoms with Gasteiger partial charge in [-0.15, -0.1) is 0 Å². The van der Waals surface area contributed by atoms with Crippen LogP contribution in [0.3, 0.4) is 0 Å². The molecule has 0 spiro atoms. The van der Waals surface area contributed by atoms with Crippen molar-refractivity contribution >= 4 is 16.1 Å². The van der Waals surface area contributed by atoms with Crippen molar-refractivity contribution in [3.05, 3.63) is 71.8 Å². The summed E-state index contributed by atoms with van der Waals surface area (Å²) in [6.45, 7) is 10.8. The smallest absolute Gasteiger partial charge is 0.408 e. The van der Waals surface area contributed by atoms with E-state index in [1.807, 2.05) is 81.4 Å². The van der Waals surface area contributed by atoms with Crippen LogP contribution in [-0.2, 0) is 22.9 Å². The van der Waals surface area contributed by atoms with Crippen LogP contribution in [0.5, 0.6) is 0 Å². The van der Waals surface area contributed by atoms with E-state index in [4.69, 9.17) is 0 Å². The lowest BCUT2D eigenvalue weighted by Gasteiger charge is -2.42. The Balaban J connectivity index is 2.17. The van der Waals surface area contributed by atoms with Gasteiger partial charge in [0.15, 0.2) is 0 Å². The summed E-state index contributed by atoms with van der Waals surface area (Å²) in [5, 5.41) is 35.3. The second kappa shape index (κ2) is 14.4. The van der Waals surface area contributed by atoms with Crippen molar-refractivity contribution in [1.82, 2.24) is 14.9 Å². The number of hydrogen-bond acceptors (Lipinski definition) is 6. The van der Waals surface area contributed by atoms with Crippen LogP contribution >= 0.6 is 0 Å². The lowest BCUT2D eigenvalue weighted by molar-refractivity contribution is 0.00643. The molecule has 1 amide bonds. The van der Waals surface area contributed by atoms with Gasteiger partial charge in [-0.25, -0.2) is 17.9 Å². The number of benzene rings is 2. The van der Waals surface area contributed by atoms with Crippen molar-refractivity contribution in [3.63, 3.8) is 0 Å². The molecule has 10 heteroatoms. The van der Waals surface area contributed by atoms with Gasteiger partial charge < -0.3 is 20.6 Å². The molecule has 5 N–H and O–H groups in total. The Kier molecular flexibility index (Phi) is 12.1. The first-order valence-electron chi connectivity index (χ1n) is 13.7. The van der Waals surface area contributed by atoms with Crippen LogP contribution in [0, 0.1) is 5.41 Å². The minimum Gasteiger partial charge on any atom is -0.465 e. The molecular formula is C30H47N3O6S. The third-order valence-electron chi connectivity index (χ3n) is 6.42. The molecule has 0 aliphatic rings. The Morgan fingerprint density at radius 3 is 1.75 bits per heavy atom. The maximum atomic E-state index is 12.9. The predicted molar refractivity (Wildman–Crippen MR) is 159 cm³/mol. The number of sulfonamides is 1. The summed E-state index contributed by atoms with van der Waals surface area (Å²) in [7, 11) is -3.69. The number of aliphatic hydroxyl groups excluding tert-OH is 2. The molecule has 4 atom stereocenters. The van der Waals surface area contributed by atoms with E-state index in [1.54, 1.807) is 20.8 Å². The Morgan fingerprint density at radius 2 is 1.30 bits per heavy atom. The van der Waals surface area contributed by atoms with E-state index in [1.165, 1.54) is 4.90 Å². The van der Waals surface area contributed by atoms with Crippen molar-refractivity contribution < 1.29 is 28.5 Å². The first-order chi connectivity index (χ1) is 18.5. The normalized spacial score (nSPS) is 15.7. The molecule has 0 saturated heterocycles. The maximum Gasteiger partial charge on any atom is 0.408 e. The van der Waals surface area contributed by atoms with Crippen molar-refractivity contribution in [2.24, 2.45) is 5.41 Å². The maximum absolute atomic E-state index is 12.9. The minimum absolute atomic E-state index is 0.00121. The van der Waals surface area contributed by atoms with Crippen molar-refractivity contribution in [2.45, 2.75) is 84.2 Å². The zero-order chi connectivity index (χ0) is 30.1. The fourth-order valence-corrected chi connectivity index (χ4v) is 6.73. The lowest BCUT2D eigenvalue weighted by atomic mass is 9.94. The molecule has 0 unspecified atom stereocenters. The van der Waals surface area contributed by atoms with Gasteiger partial charge in [-0.2, -0.15) is 0 Å². The van der Waals surface area contributed by atoms with Gasteiger partial charge >= 0.3 is 6.09 Å². The zero-order valence-corrected chi connectivity index (χ0v) is 25.4. The van der Waals surface area contributed by atoms with Crippen LogP contribution in [0.1, 0.15) is 52.7 Å². The van der Waals surface area contributed by atoms with E-state index >= 15 is 0 Å². The van der Waals surface area contributed by atoms with Crippen LogP contribution in [0.25, 0.3) is 0 Å². The highest BCUT2D eigenvalue weighted by Gasteiger charge is 2.37. The molecule has 0 radical (unpaired) electrons. The molecule has 0 aliphatic carbocycles. The number of nitrogens with zero attached hydrogens (tertiary/aromatic N) is 1. The molecule has 0 heterocycles. The van der Waals surface area contributed by atoms with E-state index < -0.39 is 51.4 Å². The first-order valence-corrected chi connectivity index (χ1v) is 15.3. The lowest BCUT2D eigenvalue weighted by Crippen LogP contribution is -2.58. The number of carboxylic acid groups (broad SMARTS) is 1. The largest absolute Gasteiger partial charge is 0.465 e. The topological polar surface area (TPSA) is 139 Å². The molecule has 2 rings (SSSR count). The fraction of sp³-hybridized carbons (Fsp3) is 0.567. The van der Waals surface area contributed by atoms with E-state index in [2.05, 4.69) is 10.0 Å². The number of hydrogen-bond donors (Lipinski definition) is 5. The van der Waals surface area contributed by atoms with Gasteiger partial charge in [0.2, 0.25) is 10.0 Å². The molecule has 2 aromatic carbocycles. The number of rotatable bonds is 14. The quantitative estimate of drug-likeness (QED) is 0.232. The van der Waals surface area contributed by atoms with Crippen molar-refractivity contribution in [3.8, 4) is 0 Å². The summed E-state index contributed by atoms with van der Waals surface area (Å²) in [4.78, 5) is 13.5. The highest BCUT2D eigenvalue weighted by atomic mass is 32.2. The standard InChI is InChI=1S/C30H47N3O6S/c1-29(2,3)21-40(38,39)32-24(17-22-13-9-7-10-14-22)26(34)19-31-20-27(35)25(18-23-15-11-8-12-16-23)33(28(36)37)30(4,5)6/h7-16,24-27,31-32,34-35H,17-21H2,1-6H3,(H,36,37)/t24-,25-,26+,27+/m0/s1. The Hall–Kier alpha value is -2.50. The summed E-state index contributed by atoms with van der Waals surface area (Å²) in [5.41, 5.74) is 0.527. The van der Waals surface area contributed by atoms with Gasteiger partial charge in [0.05, 0.1) is 30.0 Å². The van der Waals surface area contributed by atoms with Crippen molar-refractivity contribution in [2.75, 3.05) is 18.8 Å². The van der Waals surface area contributed by atoms with Gasteiger partial charge in [0.1, 0.15) is 0 Å². The first kappa shape index (κ1) is 33.7. The predicted octanol–water partition coefficient (Wildman–Crippen LogP) is 3.26. The molecule has 0 fully saturated rings. The van der Waals surface area contributed by atoms with Crippen molar-refractivity contribution in [1.29, 1.82) is 0 Å². The molecule has 40 heavy (non-hydrogen) atoms. The average molecular weight is 578 g/mol. The number of aliphatic hydroxyl groups is 2. The number of carbonyl (C=O) groups is 1. The van der Waals surface area contributed by atoms with Gasteiger partial charge in [-0.05, 0) is 50.2 Å². The van der Waals surface area contributed by atoms with Crippen LogP contribution < -0.4 is 10.0 Å². The zero-order valence-electron chi connectivity index (χ0n) is 24.5. The van der Waals surface area contributed by atoms with Gasteiger partial charge in [0, 0.05) is 18.6 Å². The highest BCUT2D eigenvalue weighted by molar-refractivity contribution is 7.89. The monoisotopic (exact) mass is 577 g/mol. The van der Waals surface area contributed by atoms with Crippen LogP contribution in [0.4, 0.5) is 4.79 Å². The molecule has 0 bridgehead atoms. The summed E-state index contributed by atoms with van der Waals surface area (Å²) in [6.07, 6.45) is -2.74. The van der Waals surface area contributed by atoms with Gasteiger partial charge in [-0.1, -0.05) is 81.4 Å². The summed E-state index contributed by atoms with van der Waals surface area (Å²) in [5.74, 6) is -0.0941. The Bertz CT molecular complexity index is 1150. The molecule has 0 aliphatic heterocycles. The molecule has 2 aromatic rings. The van der Waals surface area contributed by atoms with Crippen LogP contribution in [-0.4, -0.2) is 83.4 Å². The number of amides is 1. The third-order valence-corrected chi connectivity index (χ3v) is 8.32. The summed E-state index contributed by atoms with van der Waals surface area (Å²) >= 11 is 0. The minimum atomic E-state index is -3.69. The average Bonchev–Trinajstić information content (AvgIpc) is 2.81. The number of nitrogens with one attached hydrogen (secondary N) is 2. The molecule has 224 valence electrons. The van der Waals surface area contributed by atoms with E-state index in [0.29, 0.717) is 6.42 Å².